The van der Waals surface area contributed by atoms with Gasteiger partial charge < -0.3 is 10.1 Å². The first-order valence-corrected chi connectivity index (χ1v) is 8.65. The number of fused-ring (bicyclic) bond motifs is 1. The predicted octanol–water partition coefficient (Wildman–Crippen LogP) is 4.82. The summed E-state index contributed by atoms with van der Waals surface area (Å²) in [7, 11) is 0.910. The molecule has 0 saturated carbocycles. The molecule has 14 heteroatoms. The van der Waals surface area contributed by atoms with E-state index in [2.05, 4.69) is 4.74 Å². The topological polar surface area (TPSA) is 55.4 Å². The zero-order valence-corrected chi connectivity index (χ0v) is 15.2. The molecule has 1 aliphatic carbocycles. The molecule has 0 radical (unpaired) electrons. The van der Waals surface area contributed by atoms with Crippen LogP contribution >= 0.6 is 11.3 Å². The lowest BCUT2D eigenvalue weighted by atomic mass is 9.95. The lowest BCUT2D eigenvalue weighted by Crippen LogP contribution is -2.64. The summed E-state index contributed by atoms with van der Waals surface area (Å²) in [5.74, 6) is -25.0. The van der Waals surface area contributed by atoms with E-state index in [0.29, 0.717) is 41.0 Å². The summed E-state index contributed by atoms with van der Waals surface area (Å²) in [6.45, 7) is 0. The van der Waals surface area contributed by atoms with Gasteiger partial charge >= 0.3 is 35.8 Å². The Kier molecular flexibility index (Phi) is 5.91. The molecule has 0 fully saturated rings. The minimum absolute atomic E-state index is 0.269. The molecular formula is C15H12F9NO3S. The van der Waals surface area contributed by atoms with Crippen molar-refractivity contribution in [3.8, 4) is 0 Å². The lowest BCUT2D eigenvalue weighted by molar-refractivity contribution is -0.388. The largest absolute Gasteiger partial charge is 0.465 e. The molecular weight excluding hydrogens is 445 g/mol. The Bertz CT molecular complexity index is 817. The van der Waals surface area contributed by atoms with Gasteiger partial charge in [-0.1, -0.05) is 0 Å². The van der Waals surface area contributed by atoms with Crippen LogP contribution in [0, 0.1) is 0 Å². The third-order valence-corrected chi connectivity index (χ3v) is 5.42. The van der Waals surface area contributed by atoms with Crippen molar-refractivity contribution in [3.05, 3.63) is 16.0 Å². The summed E-state index contributed by atoms with van der Waals surface area (Å²) in [6, 6.07) is 0. The van der Waals surface area contributed by atoms with Crippen molar-refractivity contribution in [3.63, 3.8) is 0 Å². The molecule has 1 amide bonds. The fourth-order valence-electron chi connectivity index (χ4n) is 2.67. The number of thiophene rings is 1. The molecule has 1 aromatic heterocycles. The number of esters is 1. The summed E-state index contributed by atoms with van der Waals surface area (Å²) in [4.78, 5) is 24.0. The maximum Gasteiger partial charge on any atom is 0.460 e. The number of halogens is 9. The molecule has 0 bridgehead atoms. The van der Waals surface area contributed by atoms with Crippen LogP contribution in [0.1, 0.15) is 33.6 Å². The van der Waals surface area contributed by atoms with Gasteiger partial charge in [0, 0.05) is 4.88 Å². The zero-order valence-electron chi connectivity index (χ0n) is 14.4. The Hall–Kier alpha value is -1.99. The van der Waals surface area contributed by atoms with Gasteiger partial charge in [0.05, 0.1) is 12.7 Å². The number of carbonyl (C=O) groups excluding carboxylic acids is 2. The van der Waals surface area contributed by atoms with Gasteiger partial charge in [-0.15, -0.1) is 11.3 Å². The highest BCUT2D eigenvalue weighted by Crippen LogP contribution is 2.53. The molecule has 2 rings (SSSR count). The van der Waals surface area contributed by atoms with Gasteiger partial charge in [-0.2, -0.15) is 39.5 Å². The molecule has 1 aromatic rings. The predicted molar refractivity (Wildman–Crippen MR) is 81.8 cm³/mol. The van der Waals surface area contributed by atoms with Gasteiger partial charge in [0.15, 0.2) is 0 Å². The first kappa shape index (κ1) is 23.3. The van der Waals surface area contributed by atoms with Gasteiger partial charge in [0.2, 0.25) is 0 Å². The standard InChI is InChI=1S/C15H12F9NO3S/c1-28-10(26)8-6-4-2-3-5-7(6)29-9(8)25-11(27)12(16,17)13(18,19)14(20,21)15(22,23)24/h2-5H2,1H3,(H,25,27). The van der Waals surface area contributed by atoms with Crippen LogP contribution in [-0.4, -0.2) is 42.9 Å². The van der Waals surface area contributed by atoms with Crippen molar-refractivity contribution >= 4 is 28.2 Å². The molecule has 1 heterocycles. The quantitative estimate of drug-likeness (QED) is 0.510. The summed E-state index contributed by atoms with van der Waals surface area (Å²) in [5.41, 5.74) is -0.124. The Morgan fingerprint density at radius 2 is 1.48 bits per heavy atom. The van der Waals surface area contributed by atoms with E-state index >= 15 is 0 Å². The highest BCUT2D eigenvalue weighted by atomic mass is 32.1. The van der Waals surface area contributed by atoms with E-state index in [1.807, 2.05) is 0 Å². The van der Waals surface area contributed by atoms with E-state index in [-0.39, 0.29) is 6.42 Å². The van der Waals surface area contributed by atoms with Crippen LogP contribution in [0.15, 0.2) is 0 Å². The average molecular weight is 457 g/mol. The molecule has 1 N–H and O–H groups in total. The molecule has 0 spiro atoms. The Balaban J connectivity index is 2.44. The van der Waals surface area contributed by atoms with E-state index in [0.717, 1.165) is 7.11 Å². The average Bonchev–Trinajstić information content (AvgIpc) is 2.97. The van der Waals surface area contributed by atoms with E-state index < -0.39 is 46.4 Å². The third-order valence-electron chi connectivity index (χ3n) is 4.22. The number of anilines is 1. The van der Waals surface area contributed by atoms with Gasteiger partial charge in [0.1, 0.15) is 5.00 Å². The Morgan fingerprint density at radius 1 is 0.931 bits per heavy atom. The monoisotopic (exact) mass is 457 g/mol. The maximum atomic E-state index is 13.8. The fourth-order valence-corrected chi connectivity index (χ4v) is 3.94. The summed E-state index contributed by atoms with van der Waals surface area (Å²) in [6.07, 6.45) is -5.20. The normalized spacial score (nSPS) is 15.7. The van der Waals surface area contributed by atoms with Crippen molar-refractivity contribution in [1.29, 1.82) is 0 Å². The smallest absolute Gasteiger partial charge is 0.460 e. The highest BCUT2D eigenvalue weighted by Gasteiger charge is 2.83. The SMILES string of the molecule is COC(=O)c1c(NC(=O)C(F)(F)C(F)(F)C(F)(F)C(F)(F)F)sc2c1CCCC2. The summed E-state index contributed by atoms with van der Waals surface area (Å²) >= 11 is 0.553. The van der Waals surface area contributed by atoms with Crippen molar-refractivity contribution in [2.45, 2.75) is 49.6 Å². The molecule has 29 heavy (non-hydrogen) atoms. The minimum atomic E-state index is -7.19. The second-order valence-electron chi connectivity index (χ2n) is 6.08. The number of carbonyl (C=O) groups is 2. The van der Waals surface area contributed by atoms with Crippen LogP contribution < -0.4 is 5.32 Å². The van der Waals surface area contributed by atoms with Crippen LogP contribution in [0.3, 0.4) is 0 Å². The first-order chi connectivity index (χ1) is 13.1. The Morgan fingerprint density at radius 3 is 2.00 bits per heavy atom. The molecule has 0 unspecified atom stereocenters. The molecule has 4 nitrogen and oxygen atoms in total. The van der Waals surface area contributed by atoms with Crippen LogP contribution in [-0.2, 0) is 22.4 Å². The number of rotatable bonds is 5. The van der Waals surface area contributed by atoms with Crippen molar-refractivity contribution < 1.29 is 53.8 Å². The van der Waals surface area contributed by atoms with E-state index in [1.54, 1.807) is 0 Å². The van der Waals surface area contributed by atoms with E-state index in [1.165, 1.54) is 5.32 Å². The van der Waals surface area contributed by atoms with Crippen LogP contribution in [0.25, 0.3) is 0 Å². The molecule has 164 valence electrons. The zero-order chi connectivity index (χ0) is 22.4. The number of nitrogens with one attached hydrogen (secondary N) is 1. The van der Waals surface area contributed by atoms with Crippen LogP contribution in [0.2, 0.25) is 0 Å². The van der Waals surface area contributed by atoms with Gasteiger partial charge in [-0.05, 0) is 31.2 Å². The van der Waals surface area contributed by atoms with Crippen molar-refractivity contribution in [2.24, 2.45) is 0 Å². The van der Waals surface area contributed by atoms with E-state index in [4.69, 9.17) is 0 Å². The van der Waals surface area contributed by atoms with Gasteiger partial charge in [-0.25, -0.2) is 4.79 Å². The maximum absolute atomic E-state index is 13.8. The van der Waals surface area contributed by atoms with Crippen LogP contribution in [0.4, 0.5) is 44.5 Å². The van der Waals surface area contributed by atoms with Gasteiger partial charge in [-0.3, -0.25) is 4.79 Å². The summed E-state index contributed by atoms with van der Waals surface area (Å²) in [5, 5.41) is 0.506. The number of alkyl halides is 9. The van der Waals surface area contributed by atoms with E-state index in [9.17, 15) is 49.1 Å². The third kappa shape index (κ3) is 3.66. The lowest BCUT2D eigenvalue weighted by Gasteiger charge is -2.32. The molecule has 0 saturated heterocycles. The second-order valence-corrected chi connectivity index (χ2v) is 7.19. The molecule has 0 aliphatic heterocycles. The number of ether oxygens (including phenoxy) is 1. The highest BCUT2D eigenvalue weighted by molar-refractivity contribution is 7.17. The molecule has 0 aromatic carbocycles. The van der Waals surface area contributed by atoms with Crippen molar-refractivity contribution in [2.75, 3.05) is 12.4 Å². The number of aryl methyl sites for hydroxylation is 1. The Labute approximate surface area is 161 Å². The second kappa shape index (κ2) is 7.36. The fraction of sp³-hybridized carbons (Fsp3) is 0.600. The number of hydrogen-bond acceptors (Lipinski definition) is 4. The number of hydrogen-bond donors (Lipinski definition) is 1. The molecule has 0 atom stereocenters. The minimum Gasteiger partial charge on any atom is -0.465 e. The van der Waals surface area contributed by atoms with Crippen LogP contribution in [0.5, 0.6) is 0 Å². The molecule has 1 aliphatic rings. The number of methoxy groups -OCH3 is 1. The van der Waals surface area contributed by atoms with Gasteiger partial charge in [0.25, 0.3) is 0 Å². The number of amides is 1. The summed E-state index contributed by atoms with van der Waals surface area (Å²) < 4.78 is 121. The van der Waals surface area contributed by atoms with Crippen molar-refractivity contribution in [1.82, 2.24) is 0 Å². The first-order valence-electron chi connectivity index (χ1n) is 7.84.